The molecule has 1 atom stereocenters. The maximum Gasteiger partial charge on any atom is 0.304 e. The van der Waals surface area contributed by atoms with Crippen molar-refractivity contribution in [2.45, 2.75) is 39.8 Å². The van der Waals surface area contributed by atoms with E-state index < -0.39 is 28.7 Å². The number of hydrogen-bond donors (Lipinski definition) is 1. The number of carbonyl (C=O) groups is 2. The summed E-state index contributed by atoms with van der Waals surface area (Å²) >= 11 is 0. The van der Waals surface area contributed by atoms with E-state index in [1.165, 1.54) is 26.0 Å². The number of likely N-dealkylation sites (N-methyl/N-ethyl adjacent to an activating group) is 1. The average molecular weight is 551 g/mol. The van der Waals surface area contributed by atoms with E-state index in [9.17, 15) is 18.0 Å². The minimum Gasteiger partial charge on any atom is -0.357 e. The van der Waals surface area contributed by atoms with Gasteiger partial charge in [-0.3, -0.25) is 9.59 Å². The molecule has 8 nitrogen and oxygen atoms in total. The first-order chi connectivity index (χ1) is 18.4. The molecule has 0 aromatic heterocycles. The Labute approximate surface area is 232 Å². The van der Waals surface area contributed by atoms with Gasteiger partial charge in [-0.05, 0) is 49.1 Å². The van der Waals surface area contributed by atoms with E-state index in [2.05, 4.69) is 5.32 Å². The standard InChI is InChI=1S/C30H38N4O4S/c1-22-11-10-14-26(17-22)20-33(28(30(36)31-4)19-25-12-8-7-9-13-25)29(35)21-34(39(37,38)32(5)6)27-18-23(2)15-16-24(27)3/h7-18,28H,19-21H2,1-6H3,(H,31,36)/t28-/m0/s1. The van der Waals surface area contributed by atoms with Crippen LogP contribution in [0.5, 0.6) is 0 Å². The Kier molecular flexibility index (Phi) is 9.88. The number of anilines is 1. The molecule has 1 N–H and O–H groups in total. The summed E-state index contributed by atoms with van der Waals surface area (Å²) in [5.41, 5.74) is 4.76. The third kappa shape index (κ3) is 7.46. The lowest BCUT2D eigenvalue weighted by atomic mass is 10.0. The molecule has 0 heterocycles. The molecule has 0 unspecified atom stereocenters. The van der Waals surface area contributed by atoms with Crippen LogP contribution in [0.2, 0.25) is 0 Å². The molecule has 39 heavy (non-hydrogen) atoms. The van der Waals surface area contributed by atoms with E-state index in [1.807, 2.05) is 87.5 Å². The van der Waals surface area contributed by atoms with E-state index in [0.29, 0.717) is 5.69 Å². The predicted molar refractivity (Wildman–Crippen MR) is 156 cm³/mol. The van der Waals surface area contributed by atoms with Gasteiger partial charge in [-0.1, -0.05) is 72.3 Å². The zero-order valence-corrected chi connectivity index (χ0v) is 24.3. The fourth-order valence-corrected chi connectivity index (χ4v) is 5.53. The van der Waals surface area contributed by atoms with Crippen LogP contribution in [0.15, 0.2) is 72.8 Å². The van der Waals surface area contributed by atoms with Gasteiger partial charge >= 0.3 is 10.2 Å². The summed E-state index contributed by atoms with van der Waals surface area (Å²) in [4.78, 5) is 28.9. The molecule has 0 aliphatic rings. The predicted octanol–water partition coefficient (Wildman–Crippen LogP) is 3.61. The maximum absolute atomic E-state index is 14.2. The van der Waals surface area contributed by atoms with Gasteiger partial charge in [0.15, 0.2) is 0 Å². The maximum atomic E-state index is 14.2. The minimum atomic E-state index is -4.03. The molecular weight excluding hydrogens is 512 g/mol. The largest absolute Gasteiger partial charge is 0.357 e. The number of nitrogens with zero attached hydrogens (tertiary/aromatic N) is 3. The van der Waals surface area contributed by atoms with Gasteiger partial charge in [0.25, 0.3) is 0 Å². The van der Waals surface area contributed by atoms with Gasteiger partial charge in [-0.25, -0.2) is 4.31 Å². The summed E-state index contributed by atoms with van der Waals surface area (Å²) in [5, 5.41) is 2.69. The zero-order chi connectivity index (χ0) is 28.7. The van der Waals surface area contributed by atoms with Crippen molar-refractivity contribution < 1.29 is 18.0 Å². The van der Waals surface area contributed by atoms with Crippen molar-refractivity contribution in [2.75, 3.05) is 32.0 Å². The van der Waals surface area contributed by atoms with Crippen LogP contribution < -0.4 is 9.62 Å². The van der Waals surface area contributed by atoms with E-state index in [1.54, 1.807) is 6.07 Å². The lowest BCUT2D eigenvalue weighted by molar-refractivity contribution is -0.139. The number of carbonyl (C=O) groups excluding carboxylic acids is 2. The molecule has 3 aromatic rings. The molecule has 0 saturated carbocycles. The third-order valence-electron chi connectivity index (χ3n) is 6.61. The van der Waals surface area contributed by atoms with Crippen molar-refractivity contribution >= 4 is 27.7 Å². The first-order valence-corrected chi connectivity index (χ1v) is 14.2. The highest BCUT2D eigenvalue weighted by molar-refractivity contribution is 7.90. The van der Waals surface area contributed by atoms with Crippen molar-refractivity contribution in [1.29, 1.82) is 0 Å². The molecule has 0 saturated heterocycles. The summed E-state index contributed by atoms with van der Waals surface area (Å²) in [5.74, 6) is -0.805. The van der Waals surface area contributed by atoms with Crippen LogP contribution in [0.3, 0.4) is 0 Å². The van der Waals surface area contributed by atoms with Gasteiger partial charge in [-0.2, -0.15) is 12.7 Å². The number of aryl methyl sites for hydroxylation is 3. The molecule has 0 aliphatic heterocycles. The van der Waals surface area contributed by atoms with Crippen LogP contribution in [0, 0.1) is 20.8 Å². The topological polar surface area (TPSA) is 90.0 Å². The third-order valence-corrected chi connectivity index (χ3v) is 8.41. The van der Waals surface area contributed by atoms with Crippen molar-refractivity contribution in [3.8, 4) is 0 Å². The summed E-state index contributed by atoms with van der Waals surface area (Å²) in [6, 6.07) is 21.8. The lowest BCUT2D eigenvalue weighted by Gasteiger charge is -2.34. The van der Waals surface area contributed by atoms with Gasteiger partial charge < -0.3 is 10.2 Å². The normalized spacial score (nSPS) is 12.2. The number of hydrogen-bond acceptors (Lipinski definition) is 4. The summed E-state index contributed by atoms with van der Waals surface area (Å²) < 4.78 is 29.2. The van der Waals surface area contributed by atoms with E-state index >= 15 is 0 Å². The number of nitrogens with one attached hydrogen (secondary N) is 1. The van der Waals surface area contributed by atoms with Crippen LogP contribution in [0.1, 0.15) is 27.8 Å². The Morgan fingerprint density at radius 3 is 2.10 bits per heavy atom. The Hall–Kier alpha value is -3.69. The smallest absolute Gasteiger partial charge is 0.304 e. The van der Waals surface area contributed by atoms with Crippen molar-refractivity contribution in [3.63, 3.8) is 0 Å². The molecule has 208 valence electrons. The Morgan fingerprint density at radius 2 is 1.49 bits per heavy atom. The fraction of sp³-hybridized carbons (Fsp3) is 0.333. The summed E-state index contributed by atoms with van der Waals surface area (Å²) in [7, 11) is 0.376. The van der Waals surface area contributed by atoms with Gasteiger partial charge in [0.05, 0.1) is 5.69 Å². The minimum absolute atomic E-state index is 0.147. The first kappa shape index (κ1) is 29.9. The second kappa shape index (κ2) is 12.9. The molecule has 0 radical (unpaired) electrons. The number of benzene rings is 3. The summed E-state index contributed by atoms with van der Waals surface area (Å²) in [6.45, 7) is 5.33. The quantitative estimate of drug-likeness (QED) is 0.395. The molecule has 3 rings (SSSR count). The van der Waals surface area contributed by atoms with Crippen LogP contribution >= 0.6 is 0 Å². The van der Waals surface area contributed by atoms with Gasteiger partial charge in [-0.15, -0.1) is 0 Å². The SMILES string of the molecule is CNC(=O)[C@H](Cc1ccccc1)N(Cc1cccc(C)c1)C(=O)CN(c1cc(C)ccc1C)S(=O)(=O)N(C)C. The molecular formula is C30H38N4O4S. The first-order valence-electron chi connectivity index (χ1n) is 12.8. The van der Waals surface area contributed by atoms with Crippen LogP contribution in [-0.4, -0.2) is 63.2 Å². The zero-order valence-electron chi connectivity index (χ0n) is 23.5. The van der Waals surface area contributed by atoms with Gasteiger partial charge in [0, 0.05) is 34.1 Å². The lowest BCUT2D eigenvalue weighted by Crippen LogP contribution is -2.54. The monoisotopic (exact) mass is 550 g/mol. The fourth-order valence-electron chi connectivity index (χ4n) is 4.42. The van der Waals surface area contributed by atoms with E-state index in [4.69, 9.17) is 0 Å². The molecule has 0 spiro atoms. The highest BCUT2D eigenvalue weighted by Crippen LogP contribution is 2.26. The summed E-state index contributed by atoms with van der Waals surface area (Å²) in [6.07, 6.45) is 0.280. The van der Waals surface area contributed by atoms with Crippen LogP contribution in [0.4, 0.5) is 5.69 Å². The van der Waals surface area contributed by atoms with Crippen LogP contribution in [0.25, 0.3) is 0 Å². The molecule has 0 bridgehead atoms. The van der Waals surface area contributed by atoms with E-state index in [-0.39, 0.29) is 18.9 Å². The number of amides is 2. The van der Waals surface area contributed by atoms with Crippen molar-refractivity contribution in [2.24, 2.45) is 0 Å². The van der Waals surface area contributed by atoms with E-state index in [0.717, 1.165) is 36.4 Å². The van der Waals surface area contributed by atoms with Gasteiger partial charge in [0.2, 0.25) is 11.8 Å². The molecule has 2 amide bonds. The molecule has 9 heteroatoms. The van der Waals surface area contributed by atoms with Crippen molar-refractivity contribution in [3.05, 3.63) is 101 Å². The highest BCUT2D eigenvalue weighted by atomic mass is 32.2. The molecule has 0 fully saturated rings. The average Bonchev–Trinajstić information content (AvgIpc) is 2.90. The Bertz CT molecular complexity index is 1410. The van der Waals surface area contributed by atoms with Crippen LogP contribution in [-0.2, 0) is 32.8 Å². The molecule has 0 aliphatic carbocycles. The molecule has 3 aromatic carbocycles. The number of rotatable bonds is 11. The second-order valence-electron chi connectivity index (χ2n) is 9.92. The Morgan fingerprint density at radius 1 is 0.846 bits per heavy atom. The van der Waals surface area contributed by atoms with Gasteiger partial charge in [0.1, 0.15) is 12.6 Å². The van der Waals surface area contributed by atoms with Crippen molar-refractivity contribution in [1.82, 2.24) is 14.5 Å². The highest BCUT2D eigenvalue weighted by Gasteiger charge is 2.34. The second-order valence-corrected chi connectivity index (χ2v) is 12.0. The Balaban J connectivity index is 2.10.